The van der Waals surface area contributed by atoms with Gasteiger partial charge >= 0.3 is 0 Å². The van der Waals surface area contributed by atoms with Crippen molar-refractivity contribution in [3.63, 3.8) is 0 Å². The lowest BCUT2D eigenvalue weighted by Crippen LogP contribution is -2.33. The Labute approximate surface area is 201 Å². The maximum absolute atomic E-state index is 14.5. The van der Waals surface area contributed by atoms with Gasteiger partial charge in [-0.05, 0) is 86.2 Å². The van der Waals surface area contributed by atoms with Gasteiger partial charge in [0.15, 0.2) is 5.82 Å². The van der Waals surface area contributed by atoms with Gasteiger partial charge in [0.05, 0.1) is 0 Å². The highest BCUT2D eigenvalue weighted by Gasteiger charge is 2.15. The zero-order chi connectivity index (χ0) is 23.2. The fourth-order valence-electron chi connectivity index (χ4n) is 4.03. The van der Waals surface area contributed by atoms with Gasteiger partial charge in [0.25, 0.3) is 0 Å². The first-order valence-electron chi connectivity index (χ1n) is 11.4. The molecule has 0 N–H and O–H groups in total. The molecule has 0 unspecified atom stereocenters. The summed E-state index contributed by atoms with van der Waals surface area (Å²) in [5.41, 5.74) is 5.04. The van der Waals surface area contributed by atoms with Crippen LogP contribution in [0.25, 0.3) is 17.2 Å². The van der Waals surface area contributed by atoms with E-state index in [1.165, 1.54) is 37.6 Å². The number of likely N-dealkylation sites (tertiary alicyclic amines) is 1. The molecule has 2 heterocycles. The van der Waals surface area contributed by atoms with Crippen LogP contribution in [0.4, 0.5) is 4.39 Å². The first-order valence-corrected chi connectivity index (χ1v) is 11.8. The summed E-state index contributed by atoms with van der Waals surface area (Å²) in [6.45, 7) is 7.92. The van der Waals surface area contributed by atoms with E-state index in [1.54, 1.807) is 18.3 Å². The zero-order valence-electron chi connectivity index (χ0n) is 19.1. The Morgan fingerprint density at radius 2 is 1.76 bits per heavy atom. The Kier molecular flexibility index (Phi) is 7.60. The molecular weight excluding hydrogens is 431 g/mol. The second-order valence-electron chi connectivity index (χ2n) is 8.88. The first-order chi connectivity index (χ1) is 16.0. The molecule has 1 saturated heterocycles. The van der Waals surface area contributed by atoms with Gasteiger partial charge in [-0.25, -0.2) is 9.37 Å². The van der Waals surface area contributed by atoms with Crippen LogP contribution in [0.5, 0.6) is 0 Å². The van der Waals surface area contributed by atoms with Crippen molar-refractivity contribution >= 4 is 17.7 Å². The number of rotatable bonds is 4. The number of aromatic nitrogens is 1. The number of hydrogen-bond acceptors (Lipinski definition) is 2. The Bertz CT molecular complexity index is 1180. The van der Waals surface area contributed by atoms with Crippen LogP contribution in [0.15, 0.2) is 66.4 Å². The van der Waals surface area contributed by atoms with Gasteiger partial charge in [-0.2, -0.15) is 0 Å². The molecule has 2 aromatic carbocycles. The lowest BCUT2D eigenvalue weighted by molar-refractivity contribution is 0.207. The van der Waals surface area contributed by atoms with E-state index in [1.807, 2.05) is 24.3 Å². The van der Waals surface area contributed by atoms with Gasteiger partial charge in [-0.3, -0.25) is 4.90 Å². The molecule has 1 fully saturated rings. The summed E-state index contributed by atoms with van der Waals surface area (Å²) >= 11 is 5.92. The summed E-state index contributed by atoms with van der Waals surface area (Å²) in [4.78, 5) is 6.75. The average molecular weight is 459 g/mol. The lowest BCUT2D eigenvalue weighted by atomic mass is 9.99. The number of halogens is 2. The number of pyridine rings is 1. The van der Waals surface area contributed by atoms with Crippen LogP contribution in [-0.4, -0.2) is 29.5 Å². The van der Waals surface area contributed by atoms with Crippen molar-refractivity contribution in [1.82, 2.24) is 9.88 Å². The van der Waals surface area contributed by atoms with Gasteiger partial charge in [-0.1, -0.05) is 60.4 Å². The van der Waals surface area contributed by atoms with Gasteiger partial charge in [-0.15, -0.1) is 0 Å². The first kappa shape index (κ1) is 23.2. The third-order valence-electron chi connectivity index (χ3n) is 6.02. The average Bonchev–Trinajstić information content (AvgIpc) is 2.81. The van der Waals surface area contributed by atoms with Crippen molar-refractivity contribution in [2.45, 2.75) is 26.7 Å². The van der Waals surface area contributed by atoms with Gasteiger partial charge in [0.2, 0.25) is 0 Å². The highest BCUT2D eigenvalue weighted by atomic mass is 35.5. The lowest BCUT2D eigenvalue weighted by Gasteiger charge is -2.30. The van der Waals surface area contributed by atoms with E-state index in [0.29, 0.717) is 10.6 Å². The van der Waals surface area contributed by atoms with Gasteiger partial charge in [0, 0.05) is 28.9 Å². The maximum Gasteiger partial charge on any atom is 0.158 e. The molecule has 1 aliphatic heterocycles. The molecule has 33 heavy (non-hydrogen) atoms. The fraction of sp³-hybridized carbons (Fsp3) is 0.276. The third kappa shape index (κ3) is 6.54. The molecule has 0 aliphatic carbocycles. The minimum Gasteiger partial charge on any atom is -0.299 e. The molecule has 2 nitrogen and oxygen atoms in total. The van der Waals surface area contributed by atoms with E-state index < -0.39 is 5.82 Å². The van der Waals surface area contributed by atoms with Crippen molar-refractivity contribution in [2.24, 2.45) is 5.92 Å². The van der Waals surface area contributed by atoms with Crippen LogP contribution in [0.1, 0.15) is 43.5 Å². The van der Waals surface area contributed by atoms with E-state index in [9.17, 15) is 4.39 Å². The second kappa shape index (κ2) is 10.8. The quantitative estimate of drug-likeness (QED) is 0.388. The highest BCUT2D eigenvalue weighted by Crippen LogP contribution is 2.22. The number of benzene rings is 2. The SMILES string of the molecule is CC(=Cc1ccc(C#Cc2ncc(-c3ccc(Cl)cc3)cc2F)cc1)CN1CCC(C)CC1. The van der Waals surface area contributed by atoms with Crippen molar-refractivity contribution < 1.29 is 4.39 Å². The topological polar surface area (TPSA) is 16.1 Å². The molecule has 0 radical (unpaired) electrons. The summed E-state index contributed by atoms with van der Waals surface area (Å²) in [5.74, 6) is 6.29. The molecule has 4 rings (SSSR count). The van der Waals surface area contributed by atoms with Gasteiger partial charge < -0.3 is 0 Å². The zero-order valence-corrected chi connectivity index (χ0v) is 19.9. The van der Waals surface area contributed by atoms with Crippen molar-refractivity contribution in [3.05, 3.63) is 94.0 Å². The van der Waals surface area contributed by atoms with Crippen molar-refractivity contribution in [2.75, 3.05) is 19.6 Å². The van der Waals surface area contributed by atoms with Gasteiger partial charge in [0.1, 0.15) is 5.69 Å². The minimum atomic E-state index is -0.433. The Balaban J connectivity index is 1.40. The Morgan fingerprint density at radius 1 is 1.06 bits per heavy atom. The van der Waals surface area contributed by atoms with Crippen LogP contribution < -0.4 is 0 Å². The van der Waals surface area contributed by atoms with E-state index in [0.717, 1.165) is 29.2 Å². The second-order valence-corrected chi connectivity index (χ2v) is 9.32. The molecule has 1 aliphatic rings. The Morgan fingerprint density at radius 3 is 2.42 bits per heavy atom. The predicted octanol–water partition coefficient (Wildman–Crippen LogP) is 7.08. The van der Waals surface area contributed by atoms with E-state index in [2.05, 4.69) is 53.8 Å². The third-order valence-corrected chi connectivity index (χ3v) is 6.27. The van der Waals surface area contributed by atoms with Crippen LogP contribution in [-0.2, 0) is 0 Å². The molecule has 0 bridgehead atoms. The van der Waals surface area contributed by atoms with E-state index >= 15 is 0 Å². The van der Waals surface area contributed by atoms with E-state index in [4.69, 9.17) is 11.6 Å². The van der Waals surface area contributed by atoms with Crippen LogP contribution in [0, 0.1) is 23.6 Å². The number of piperidine rings is 1. The van der Waals surface area contributed by atoms with Crippen molar-refractivity contribution in [1.29, 1.82) is 0 Å². The standard InChI is InChI=1S/C29H28ClFN2/c1-21-13-15-33(16-14-21)20-22(2)17-24-5-3-23(4-6-24)7-12-29-28(31)18-26(19-32-29)25-8-10-27(30)11-9-25/h3-6,8-11,17-19,21H,13-16,20H2,1-2H3. The minimum absolute atomic E-state index is 0.142. The summed E-state index contributed by atoms with van der Waals surface area (Å²) in [5, 5.41) is 0.642. The molecule has 0 spiro atoms. The van der Waals surface area contributed by atoms with Crippen LogP contribution in [0.3, 0.4) is 0 Å². The molecule has 4 heteroatoms. The fourth-order valence-corrected chi connectivity index (χ4v) is 4.15. The molecule has 1 aromatic heterocycles. The van der Waals surface area contributed by atoms with Crippen LogP contribution in [0.2, 0.25) is 5.02 Å². The summed E-state index contributed by atoms with van der Waals surface area (Å²) in [7, 11) is 0. The smallest absolute Gasteiger partial charge is 0.158 e. The largest absolute Gasteiger partial charge is 0.299 e. The molecule has 3 aromatic rings. The number of hydrogen-bond donors (Lipinski definition) is 0. The summed E-state index contributed by atoms with van der Waals surface area (Å²) in [6, 6.07) is 16.7. The molecule has 168 valence electrons. The molecule has 0 atom stereocenters. The monoisotopic (exact) mass is 458 g/mol. The highest BCUT2D eigenvalue weighted by molar-refractivity contribution is 6.30. The predicted molar refractivity (Wildman–Crippen MR) is 136 cm³/mol. The summed E-state index contributed by atoms with van der Waals surface area (Å²) < 4.78 is 14.5. The Hall–Kier alpha value is -2.93. The summed E-state index contributed by atoms with van der Waals surface area (Å²) in [6.07, 6.45) is 6.45. The normalized spacial score (nSPS) is 15.2. The molecule has 0 amide bonds. The van der Waals surface area contributed by atoms with Crippen LogP contribution >= 0.6 is 11.6 Å². The molecule has 0 saturated carbocycles. The molecular formula is C29H28ClFN2. The van der Waals surface area contributed by atoms with Crippen molar-refractivity contribution in [3.8, 4) is 23.0 Å². The number of nitrogens with zero attached hydrogens (tertiary/aromatic N) is 2. The maximum atomic E-state index is 14.5. The van der Waals surface area contributed by atoms with E-state index in [-0.39, 0.29) is 5.69 Å².